The minimum absolute atomic E-state index is 0.263. The van der Waals surface area contributed by atoms with Gasteiger partial charge in [0.1, 0.15) is 6.54 Å². The number of aromatic nitrogens is 2. The lowest BCUT2D eigenvalue weighted by atomic mass is 10.1. The summed E-state index contributed by atoms with van der Waals surface area (Å²) >= 11 is 0. The number of nitrogens with zero attached hydrogens (tertiary/aromatic N) is 3. The lowest BCUT2D eigenvalue weighted by Crippen LogP contribution is -2.35. The molecule has 1 heterocycles. The van der Waals surface area contributed by atoms with Crippen LogP contribution in [-0.2, 0) is 11.8 Å². The molecule has 6 nitrogen and oxygen atoms in total. The normalized spacial score (nSPS) is 10.7. The van der Waals surface area contributed by atoms with E-state index in [0.29, 0.717) is 12.2 Å². The third-order valence-electron chi connectivity index (χ3n) is 2.72. The zero-order valence-electron chi connectivity index (χ0n) is 11.2. The van der Waals surface area contributed by atoms with Gasteiger partial charge in [-0.25, -0.2) is 0 Å². The number of carboxylic acids is 1. The maximum Gasteiger partial charge on any atom is 0.323 e. The average molecular weight is 253 g/mol. The van der Waals surface area contributed by atoms with Gasteiger partial charge in [-0.05, 0) is 18.9 Å². The molecule has 0 aromatic carbocycles. The second-order valence-corrected chi connectivity index (χ2v) is 4.45. The number of aryl methyl sites for hydroxylation is 1. The Balaban J connectivity index is 2.95. The van der Waals surface area contributed by atoms with Crippen molar-refractivity contribution in [1.82, 2.24) is 14.7 Å². The Kier molecular flexibility index (Phi) is 4.47. The topological polar surface area (TPSA) is 75.4 Å². The first-order chi connectivity index (χ1) is 8.36. The van der Waals surface area contributed by atoms with Crippen LogP contribution in [0, 0.1) is 0 Å². The van der Waals surface area contributed by atoms with E-state index >= 15 is 0 Å². The predicted octanol–water partition coefficient (Wildman–Crippen LogP) is 1.09. The van der Waals surface area contributed by atoms with Gasteiger partial charge in [0.05, 0.1) is 0 Å². The maximum absolute atomic E-state index is 12.1. The van der Waals surface area contributed by atoms with Gasteiger partial charge >= 0.3 is 5.97 Å². The molecule has 0 radical (unpaired) electrons. The van der Waals surface area contributed by atoms with Gasteiger partial charge in [0.25, 0.3) is 5.91 Å². The molecule has 1 aromatic rings. The van der Waals surface area contributed by atoms with Crippen molar-refractivity contribution in [2.45, 2.75) is 26.7 Å². The first-order valence-electron chi connectivity index (χ1n) is 5.91. The fourth-order valence-corrected chi connectivity index (χ4v) is 1.78. The molecule has 0 saturated carbocycles. The summed E-state index contributed by atoms with van der Waals surface area (Å²) in [5.74, 6) is -1.11. The third kappa shape index (κ3) is 3.09. The number of carbonyl (C=O) groups excluding carboxylic acids is 1. The molecule has 0 spiro atoms. The maximum atomic E-state index is 12.1. The first-order valence-corrected chi connectivity index (χ1v) is 5.91. The molecule has 18 heavy (non-hydrogen) atoms. The van der Waals surface area contributed by atoms with Gasteiger partial charge in [0, 0.05) is 19.3 Å². The molecule has 1 aromatic heterocycles. The predicted molar refractivity (Wildman–Crippen MR) is 66.5 cm³/mol. The van der Waals surface area contributed by atoms with Crippen molar-refractivity contribution in [2.24, 2.45) is 7.05 Å². The smallest absolute Gasteiger partial charge is 0.323 e. The molecular weight excluding hydrogens is 234 g/mol. The van der Waals surface area contributed by atoms with Crippen LogP contribution in [0.5, 0.6) is 0 Å². The summed E-state index contributed by atoms with van der Waals surface area (Å²) in [4.78, 5) is 24.0. The Bertz CT molecular complexity index is 451. The second-order valence-electron chi connectivity index (χ2n) is 4.45. The highest BCUT2D eigenvalue weighted by Gasteiger charge is 2.21. The van der Waals surface area contributed by atoms with E-state index in [9.17, 15) is 9.59 Å². The number of hydrogen-bond donors (Lipinski definition) is 1. The number of amides is 1. The van der Waals surface area contributed by atoms with Gasteiger partial charge < -0.3 is 10.0 Å². The quantitative estimate of drug-likeness (QED) is 0.852. The van der Waals surface area contributed by atoms with Crippen molar-refractivity contribution >= 4 is 11.9 Å². The Morgan fingerprint density at radius 3 is 2.50 bits per heavy atom. The molecular formula is C12H19N3O3. The average Bonchev–Trinajstić information content (AvgIpc) is 2.67. The van der Waals surface area contributed by atoms with Crippen LogP contribution in [0.3, 0.4) is 0 Å². The highest BCUT2D eigenvalue weighted by Crippen LogP contribution is 2.15. The molecule has 0 unspecified atom stereocenters. The van der Waals surface area contributed by atoms with Crippen molar-refractivity contribution in [3.05, 3.63) is 17.5 Å². The van der Waals surface area contributed by atoms with E-state index in [2.05, 4.69) is 5.10 Å². The minimum Gasteiger partial charge on any atom is -0.480 e. The molecule has 100 valence electrons. The van der Waals surface area contributed by atoms with Crippen molar-refractivity contribution in [3.8, 4) is 0 Å². The molecule has 6 heteroatoms. The molecule has 0 atom stereocenters. The fraction of sp³-hybridized carbons (Fsp3) is 0.583. The van der Waals surface area contributed by atoms with E-state index in [1.165, 1.54) is 4.90 Å². The van der Waals surface area contributed by atoms with Crippen LogP contribution < -0.4 is 0 Å². The number of carboxylic acid groups (broad SMARTS) is 1. The van der Waals surface area contributed by atoms with Crippen molar-refractivity contribution < 1.29 is 14.7 Å². The van der Waals surface area contributed by atoms with Crippen LogP contribution in [-0.4, -0.2) is 44.8 Å². The number of likely N-dealkylation sites (N-methyl/N-ethyl adjacent to an activating group) is 1. The summed E-state index contributed by atoms with van der Waals surface area (Å²) in [6.07, 6.45) is 0. The number of aliphatic carboxylic acids is 1. The van der Waals surface area contributed by atoms with Crippen molar-refractivity contribution in [1.29, 1.82) is 0 Å². The number of carbonyl (C=O) groups is 2. The van der Waals surface area contributed by atoms with Gasteiger partial charge in [-0.15, -0.1) is 0 Å². The molecule has 0 aliphatic rings. The molecule has 1 rings (SSSR count). The van der Waals surface area contributed by atoms with Gasteiger partial charge in [-0.1, -0.05) is 13.8 Å². The van der Waals surface area contributed by atoms with Crippen LogP contribution in [0.15, 0.2) is 6.07 Å². The van der Waals surface area contributed by atoms with Gasteiger partial charge in [0.2, 0.25) is 0 Å². The summed E-state index contributed by atoms with van der Waals surface area (Å²) in [5.41, 5.74) is 1.24. The summed E-state index contributed by atoms with van der Waals surface area (Å²) in [7, 11) is 1.78. The van der Waals surface area contributed by atoms with Crippen molar-refractivity contribution in [2.75, 3.05) is 13.1 Å². The molecule has 0 bridgehead atoms. The Morgan fingerprint density at radius 2 is 2.11 bits per heavy atom. The summed E-state index contributed by atoms with van der Waals surface area (Å²) in [6.45, 7) is 5.81. The van der Waals surface area contributed by atoms with Crippen LogP contribution in [0.4, 0.5) is 0 Å². The van der Waals surface area contributed by atoms with E-state index in [4.69, 9.17) is 5.11 Å². The van der Waals surface area contributed by atoms with E-state index in [1.54, 1.807) is 24.7 Å². The molecule has 0 aliphatic heterocycles. The summed E-state index contributed by atoms with van der Waals surface area (Å²) < 4.78 is 1.66. The summed E-state index contributed by atoms with van der Waals surface area (Å²) in [6, 6.07) is 1.72. The highest BCUT2D eigenvalue weighted by atomic mass is 16.4. The molecule has 1 N–H and O–H groups in total. The second kappa shape index (κ2) is 5.66. The zero-order valence-corrected chi connectivity index (χ0v) is 11.2. The summed E-state index contributed by atoms with van der Waals surface area (Å²) in [5, 5.41) is 12.9. The number of rotatable bonds is 5. The third-order valence-corrected chi connectivity index (χ3v) is 2.72. The fourth-order valence-electron chi connectivity index (χ4n) is 1.78. The highest BCUT2D eigenvalue weighted by molar-refractivity contribution is 5.94. The standard InChI is InChI=1S/C12H19N3O3/c1-5-15(7-11(16)17)12(18)9-6-10(8(2)3)14(4)13-9/h6,8H,5,7H2,1-4H3,(H,16,17). The largest absolute Gasteiger partial charge is 0.480 e. The van der Waals surface area contributed by atoms with E-state index < -0.39 is 5.97 Å². The van der Waals surface area contributed by atoms with Crippen LogP contribution in [0.2, 0.25) is 0 Å². The van der Waals surface area contributed by atoms with E-state index in [0.717, 1.165) is 5.69 Å². The molecule has 0 aliphatic carbocycles. The van der Waals surface area contributed by atoms with E-state index in [-0.39, 0.29) is 18.4 Å². The molecule has 0 fully saturated rings. The lowest BCUT2D eigenvalue weighted by molar-refractivity contribution is -0.137. The first kappa shape index (κ1) is 14.2. The SMILES string of the molecule is CCN(CC(=O)O)C(=O)c1cc(C(C)C)n(C)n1. The van der Waals surface area contributed by atoms with Crippen molar-refractivity contribution in [3.63, 3.8) is 0 Å². The molecule has 0 saturated heterocycles. The van der Waals surface area contributed by atoms with Gasteiger partial charge in [-0.3, -0.25) is 14.3 Å². The molecule has 1 amide bonds. The number of hydrogen-bond acceptors (Lipinski definition) is 3. The van der Waals surface area contributed by atoms with Crippen LogP contribution >= 0.6 is 0 Å². The van der Waals surface area contributed by atoms with Gasteiger partial charge in [-0.2, -0.15) is 5.10 Å². The Labute approximate surface area is 106 Å². The van der Waals surface area contributed by atoms with Gasteiger partial charge in [0.15, 0.2) is 5.69 Å². The lowest BCUT2D eigenvalue weighted by Gasteiger charge is -2.16. The zero-order chi connectivity index (χ0) is 13.9. The van der Waals surface area contributed by atoms with E-state index in [1.807, 2.05) is 13.8 Å². The Morgan fingerprint density at radius 1 is 1.50 bits per heavy atom. The monoisotopic (exact) mass is 253 g/mol. The minimum atomic E-state index is -1.02. The van der Waals surface area contributed by atoms with Crippen LogP contribution in [0.1, 0.15) is 42.9 Å². The Hall–Kier alpha value is -1.85. The van der Waals surface area contributed by atoms with Crippen LogP contribution in [0.25, 0.3) is 0 Å².